The highest BCUT2D eigenvalue weighted by molar-refractivity contribution is 6.22. The summed E-state index contributed by atoms with van der Waals surface area (Å²) in [5.74, 6) is -2.44. The van der Waals surface area contributed by atoms with Crippen LogP contribution in [0.4, 0.5) is 5.69 Å². The maximum Gasteiger partial charge on any atom is 0.329 e. The summed E-state index contributed by atoms with van der Waals surface area (Å²) >= 11 is 0. The average Bonchev–Trinajstić information content (AvgIpc) is 2.90. The van der Waals surface area contributed by atoms with E-state index in [1.54, 1.807) is 30.3 Å². The van der Waals surface area contributed by atoms with Gasteiger partial charge in [-0.2, -0.15) is 0 Å². The van der Waals surface area contributed by atoms with Crippen molar-refractivity contribution in [2.75, 3.05) is 11.9 Å². The summed E-state index contributed by atoms with van der Waals surface area (Å²) in [4.78, 5) is 49.8. The smallest absolute Gasteiger partial charge is 0.329 e. The summed E-state index contributed by atoms with van der Waals surface area (Å²) in [6.45, 7) is 2.77. The number of fused-ring (bicyclic) bond motifs is 1. The maximum absolute atomic E-state index is 12.4. The Labute approximate surface area is 155 Å². The molecule has 0 fully saturated rings. The largest absolute Gasteiger partial charge is 0.454 e. The van der Waals surface area contributed by atoms with Gasteiger partial charge in [0.25, 0.3) is 17.7 Å². The first kappa shape index (κ1) is 18.3. The lowest BCUT2D eigenvalue weighted by molar-refractivity contribution is -0.150. The molecule has 0 unspecified atom stereocenters. The molecule has 1 heterocycles. The van der Waals surface area contributed by atoms with Crippen LogP contribution in [-0.2, 0) is 14.3 Å². The molecule has 3 amide bonds. The molecule has 7 heteroatoms. The molecule has 0 aliphatic carbocycles. The number of ether oxygens (including phenoxy) is 1. The van der Waals surface area contributed by atoms with Gasteiger partial charge in [0.15, 0.2) is 6.61 Å². The van der Waals surface area contributed by atoms with Crippen LogP contribution >= 0.6 is 0 Å². The van der Waals surface area contributed by atoms with Gasteiger partial charge in [-0.3, -0.25) is 19.3 Å². The lowest BCUT2D eigenvalue weighted by Crippen LogP contribution is -2.44. The molecule has 0 aromatic heterocycles. The lowest BCUT2D eigenvalue weighted by Gasteiger charge is -2.20. The van der Waals surface area contributed by atoms with Crippen molar-refractivity contribution in [3.05, 3.63) is 65.2 Å². The molecule has 2 aromatic rings. The van der Waals surface area contributed by atoms with Gasteiger partial charge in [-0.05, 0) is 43.7 Å². The minimum atomic E-state index is -1.14. The number of hydrogen-bond donors (Lipinski definition) is 1. The fourth-order valence-electron chi connectivity index (χ4n) is 2.84. The number of imide groups is 1. The van der Waals surface area contributed by atoms with Crippen molar-refractivity contribution in [3.8, 4) is 0 Å². The monoisotopic (exact) mass is 366 g/mol. The average molecular weight is 366 g/mol. The predicted molar refractivity (Wildman–Crippen MR) is 97.2 cm³/mol. The van der Waals surface area contributed by atoms with E-state index in [4.69, 9.17) is 4.74 Å². The molecule has 27 heavy (non-hydrogen) atoms. The number of esters is 1. The highest BCUT2D eigenvalue weighted by Crippen LogP contribution is 2.24. The minimum Gasteiger partial charge on any atom is -0.454 e. The number of amides is 3. The molecule has 0 radical (unpaired) electrons. The summed E-state index contributed by atoms with van der Waals surface area (Å²) in [5.41, 5.74) is 2.06. The van der Waals surface area contributed by atoms with E-state index in [2.05, 4.69) is 5.32 Å². The van der Waals surface area contributed by atoms with Crippen LogP contribution in [0.3, 0.4) is 0 Å². The van der Waals surface area contributed by atoms with Gasteiger partial charge in [0, 0.05) is 5.69 Å². The van der Waals surface area contributed by atoms with E-state index in [9.17, 15) is 19.2 Å². The molecule has 1 N–H and O–H groups in total. The number of aryl methyl sites for hydroxylation is 1. The number of rotatable bonds is 5. The first-order valence-corrected chi connectivity index (χ1v) is 8.38. The Kier molecular flexibility index (Phi) is 5.03. The highest BCUT2D eigenvalue weighted by atomic mass is 16.5. The zero-order valence-electron chi connectivity index (χ0n) is 14.9. The Morgan fingerprint density at radius 1 is 1.04 bits per heavy atom. The Morgan fingerprint density at radius 3 is 2.26 bits per heavy atom. The molecule has 0 saturated carbocycles. The molecule has 0 bridgehead atoms. The molecule has 3 rings (SSSR count). The molecule has 2 aromatic carbocycles. The third-order valence-corrected chi connectivity index (χ3v) is 4.20. The van der Waals surface area contributed by atoms with Gasteiger partial charge < -0.3 is 10.1 Å². The fourth-order valence-corrected chi connectivity index (χ4v) is 2.84. The van der Waals surface area contributed by atoms with Crippen LogP contribution < -0.4 is 5.32 Å². The van der Waals surface area contributed by atoms with E-state index in [0.717, 1.165) is 10.5 Å². The Hall–Kier alpha value is -3.48. The second-order valence-corrected chi connectivity index (χ2v) is 6.23. The van der Waals surface area contributed by atoms with Gasteiger partial charge >= 0.3 is 5.97 Å². The van der Waals surface area contributed by atoms with Gasteiger partial charge in [0.2, 0.25) is 0 Å². The first-order chi connectivity index (χ1) is 12.9. The third-order valence-electron chi connectivity index (χ3n) is 4.20. The van der Waals surface area contributed by atoms with Crippen LogP contribution in [0.5, 0.6) is 0 Å². The van der Waals surface area contributed by atoms with Crippen LogP contribution in [0.1, 0.15) is 33.2 Å². The third kappa shape index (κ3) is 3.72. The molecule has 138 valence electrons. The number of benzene rings is 2. The van der Waals surface area contributed by atoms with Crippen LogP contribution in [0, 0.1) is 6.92 Å². The van der Waals surface area contributed by atoms with Crippen molar-refractivity contribution in [1.82, 2.24) is 4.90 Å². The standard InChI is InChI=1S/C20H18N2O5/c1-12-6-5-7-14(10-12)21-17(23)11-27-20(26)13(2)22-18(24)15-8-3-4-9-16(15)19(22)25/h3-10,13H,11H2,1-2H3,(H,21,23)/t13-/m0/s1. The predicted octanol–water partition coefficient (Wildman–Crippen LogP) is 2.16. The molecule has 1 aliphatic rings. The van der Waals surface area contributed by atoms with Crippen molar-refractivity contribution in [2.45, 2.75) is 19.9 Å². The fraction of sp³-hybridized carbons (Fsp3) is 0.200. The Bertz CT molecular complexity index is 902. The van der Waals surface area contributed by atoms with E-state index in [1.165, 1.54) is 19.1 Å². The second kappa shape index (κ2) is 7.41. The molecule has 1 atom stereocenters. The van der Waals surface area contributed by atoms with Gasteiger partial charge in [-0.15, -0.1) is 0 Å². The molecule has 1 aliphatic heterocycles. The van der Waals surface area contributed by atoms with Crippen LogP contribution in [0.2, 0.25) is 0 Å². The van der Waals surface area contributed by atoms with E-state index < -0.39 is 36.3 Å². The first-order valence-electron chi connectivity index (χ1n) is 8.38. The van der Waals surface area contributed by atoms with Gasteiger partial charge in [-0.25, -0.2) is 4.79 Å². The molecule has 0 spiro atoms. The van der Waals surface area contributed by atoms with Crippen molar-refractivity contribution >= 4 is 29.4 Å². The second-order valence-electron chi connectivity index (χ2n) is 6.23. The number of carbonyl (C=O) groups is 4. The number of nitrogens with zero attached hydrogens (tertiary/aromatic N) is 1. The topological polar surface area (TPSA) is 92.8 Å². The van der Waals surface area contributed by atoms with Crippen molar-refractivity contribution < 1.29 is 23.9 Å². The Morgan fingerprint density at radius 2 is 1.67 bits per heavy atom. The number of nitrogens with one attached hydrogen (secondary N) is 1. The van der Waals surface area contributed by atoms with Crippen molar-refractivity contribution in [2.24, 2.45) is 0 Å². The number of carbonyl (C=O) groups excluding carboxylic acids is 4. The zero-order valence-corrected chi connectivity index (χ0v) is 14.9. The molecule has 7 nitrogen and oxygen atoms in total. The van der Waals surface area contributed by atoms with Crippen molar-refractivity contribution in [1.29, 1.82) is 0 Å². The van der Waals surface area contributed by atoms with Gasteiger partial charge in [0.1, 0.15) is 6.04 Å². The van der Waals surface area contributed by atoms with Gasteiger partial charge in [-0.1, -0.05) is 24.3 Å². The Balaban J connectivity index is 1.59. The van der Waals surface area contributed by atoms with E-state index >= 15 is 0 Å². The van der Waals surface area contributed by atoms with E-state index in [0.29, 0.717) is 5.69 Å². The summed E-state index contributed by atoms with van der Waals surface area (Å²) in [7, 11) is 0. The van der Waals surface area contributed by atoms with Crippen molar-refractivity contribution in [3.63, 3.8) is 0 Å². The van der Waals surface area contributed by atoms with E-state index in [-0.39, 0.29) is 11.1 Å². The number of anilines is 1. The summed E-state index contributed by atoms with van der Waals surface area (Å²) in [5, 5.41) is 2.61. The van der Waals surface area contributed by atoms with Crippen LogP contribution in [-0.4, -0.2) is 41.2 Å². The zero-order chi connectivity index (χ0) is 19.6. The highest BCUT2D eigenvalue weighted by Gasteiger charge is 2.41. The lowest BCUT2D eigenvalue weighted by atomic mass is 10.1. The molecular weight excluding hydrogens is 348 g/mol. The molecular formula is C20H18N2O5. The maximum atomic E-state index is 12.4. The van der Waals surface area contributed by atoms with E-state index in [1.807, 2.05) is 13.0 Å². The minimum absolute atomic E-state index is 0.249. The normalized spacial score (nSPS) is 13.9. The number of hydrogen-bond acceptors (Lipinski definition) is 5. The summed E-state index contributed by atoms with van der Waals surface area (Å²) in [6.07, 6.45) is 0. The van der Waals surface area contributed by atoms with Gasteiger partial charge in [0.05, 0.1) is 11.1 Å². The summed E-state index contributed by atoms with van der Waals surface area (Å²) in [6, 6.07) is 12.4. The quantitative estimate of drug-likeness (QED) is 0.647. The summed E-state index contributed by atoms with van der Waals surface area (Å²) < 4.78 is 4.98. The van der Waals surface area contributed by atoms with Crippen LogP contribution in [0.15, 0.2) is 48.5 Å². The molecule has 0 saturated heterocycles. The SMILES string of the molecule is Cc1cccc(NC(=O)COC(=O)[C@H](C)N2C(=O)c3ccccc3C2=O)c1. The van der Waals surface area contributed by atoms with Crippen LogP contribution in [0.25, 0.3) is 0 Å².